The highest BCUT2D eigenvalue weighted by atomic mass is 16.3. The van der Waals surface area contributed by atoms with Gasteiger partial charge in [0.15, 0.2) is 0 Å². The number of aliphatic hydroxyl groups is 1. The molecule has 0 aromatic heterocycles. The molecule has 0 aliphatic carbocycles. The summed E-state index contributed by atoms with van der Waals surface area (Å²) in [7, 11) is 0. The smallest absolute Gasteiger partial charge is 0.250 e. The van der Waals surface area contributed by atoms with Crippen molar-refractivity contribution in [3.05, 3.63) is 59.7 Å². The van der Waals surface area contributed by atoms with Gasteiger partial charge >= 0.3 is 0 Å². The van der Waals surface area contributed by atoms with Crippen LogP contribution in [0.1, 0.15) is 18.1 Å². The zero-order valence-corrected chi connectivity index (χ0v) is 12.1. The van der Waals surface area contributed by atoms with Gasteiger partial charge in [-0.25, -0.2) is 0 Å². The van der Waals surface area contributed by atoms with E-state index in [-0.39, 0.29) is 0 Å². The Morgan fingerprint density at radius 2 is 1.71 bits per heavy atom. The Morgan fingerprint density at radius 3 is 2.38 bits per heavy atom. The van der Waals surface area contributed by atoms with Gasteiger partial charge in [0.2, 0.25) is 5.91 Å². The summed E-state index contributed by atoms with van der Waals surface area (Å²) in [4.78, 5) is 11.2. The first-order valence-electron chi connectivity index (χ1n) is 7.03. The second kappa shape index (κ2) is 7.45. The zero-order chi connectivity index (χ0) is 15.1. The number of carbonyl (C=O) groups excluding carboxylic acids is 1. The first-order chi connectivity index (χ1) is 10.2. The van der Waals surface area contributed by atoms with Gasteiger partial charge < -0.3 is 15.7 Å². The van der Waals surface area contributed by atoms with Crippen LogP contribution in [0.2, 0.25) is 0 Å². The van der Waals surface area contributed by atoms with Crippen molar-refractivity contribution in [1.82, 2.24) is 0 Å². The van der Waals surface area contributed by atoms with E-state index >= 15 is 0 Å². The van der Waals surface area contributed by atoms with Gasteiger partial charge in [0.1, 0.15) is 6.61 Å². The van der Waals surface area contributed by atoms with E-state index < -0.39 is 12.5 Å². The Hall–Kier alpha value is -2.33. The van der Waals surface area contributed by atoms with Crippen LogP contribution in [0.3, 0.4) is 0 Å². The molecule has 4 heteroatoms. The molecule has 2 aromatic carbocycles. The maximum atomic E-state index is 11.2. The number of rotatable bonds is 6. The van der Waals surface area contributed by atoms with Gasteiger partial charge in [0, 0.05) is 17.9 Å². The molecule has 0 fully saturated rings. The molecule has 2 rings (SSSR count). The van der Waals surface area contributed by atoms with E-state index in [0.717, 1.165) is 18.7 Å². The number of carbonyl (C=O) groups is 1. The van der Waals surface area contributed by atoms with Crippen LogP contribution in [-0.4, -0.2) is 17.6 Å². The molecular weight excluding hydrogens is 264 g/mol. The number of anilines is 2. The van der Waals surface area contributed by atoms with Gasteiger partial charge in [0.05, 0.1) is 0 Å². The van der Waals surface area contributed by atoms with Crippen molar-refractivity contribution >= 4 is 17.3 Å². The number of hydrogen-bond donors (Lipinski definition) is 3. The monoisotopic (exact) mass is 284 g/mol. The first-order valence-corrected chi connectivity index (χ1v) is 7.03. The Labute approximate surface area is 124 Å². The maximum absolute atomic E-state index is 11.2. The minimum atomic E-state index is -0.512. The van der Waals surface area contributed by atoms with E-state index in [2.05, 4.69) is 41.8 Å². The molecule has 0 aliphatic heterocycles. The molecule has 2 aromatic rings. The molecule has 0 unspecified atom stereocenters. The number of aryl methyl sites for hydroxylation is 1. The molecule has 0 heterocycles. The second-order valence-corrected chi connectivity index (χ2v) is 4.81. The molecule has 0 saturated carbocycles. The number of benzene rings is 2. The number of aliphatic hydroxyl groups excluding tert-OH is 1. The molecule has 0 radical (unpaired) electrons. The van der Waals surface area contributed by atoms with E-state index in [1.54, 1.807) is 6.07 Å². The SMILES string of the molecule is CCc1ccc(CNc2cccc(NC(=O)CO)c2)cc1. The lowest BCUT2D eigenvalue weighted by Crippen LogP contribution is -2.15. The van der Waals surface area contributed by atoms with Gasteiger partial charge in [-0.15, -0.1) is 0 Å². The van der Waals surface area contributed by atoms with Crippen LogP contribution in [-0.2, 0) is 17.8 Å². The molecule has 1 amide bonds. The fourth-order valence-corrected chi connectivity index (χ4v) is 2.00. The van der Waals surface area contributed by atoms with E-state index in [4.69, 9.17) is 5.11 Å². The topological polar surface area (TPSA) is 61.4 Å². The highest BCUT2D eigenvalue weighted by Gasteiger charge is 2.01. The minimum Gasteiger partial charge on any atom is -0.387 e. The van der Waals surface area contributed by atoms with Gasteiger partial charge in [-0.2, -0.15) is 0 Å². The van der Waals surface area contributed by atoms with Crippen LogP contribution in [0.15, 0.2) is 48.5 Å². The van der Waals surface area contributed by atoms with Gasteiger partial charge in [-0.05, 0) is 35.7 Å². The summed E-state index contributed by atoms with van der Waals surface area (Å²) in [5, 5.41) is 14.7. The van der Waals surface area contributed by atoms with Gasteiger partial charge in [0.25, 0.3) is 0 Å². The van der Waals surface area contributed by atoms with Crippen molar-refractivity contribution in [2.75, 3.05) is 17.2 Å². The molecule has 4 nitrogen and oxygen atoms in total. The molecule has 0 bridgehead atoms. The van der Waals surface area contributed by atoms with Crippen molar-refractivity contribution in [1.29, 1.82) is 0 Å². The molecule has 3 N–H and O–H groups in total. The van der Waals surface area contributed by atoms with Crippen LogP contribution < -0.4 is 10.6 Å². The van der Waals surface area contributed by atoms with Gasteiger partial charge in [-0.1, -0.05) is 37.3 Å². The fraction of sp³-hybridized carbons (Fsp3) is 0.235. The summed E-state index contributed by atoms with van der Waals surface area (Å²) in [5.74, 6) is -0.415. The normalized spacial score (nSPS) is 10.2. The summed E-state index contributed by atoms with van der Waals surface area (Å²) in [5.41, 5.74) is 4.12. The van der Waals surface area contributed by atoms with Crippen LogP contribution in [0.4, 0.5) is 11.4 Å². The van der Waals surface area contributed by atoms with Crippen LogP contribution in [0.5, 0.6) is 0 Å². The van der Waals surface area contributed by atoms with Crippen molar-refractivity contribution in [3.63, 3.8) is 0 Å². The third-order valence-electron chi connectivity index (χ3n) is 3.22. The predicted octanol–water partition coefficient (Wildman–Crippen LogP) is 2.79. The summed E-state index contributed by atoms with van der Waals surface area (Å²) in [6, 6.07) is 15.9. The Morgan fingerprint density at radius 1 is 1.05 bits per heavy atom. The average Bonchev–Trinajstić information content (AvgIpc) is 2.53. The quantitative estimate of drug-likeness (QED) is 0.764. The third kappa shape index (κ3) is 4.61. The highest BCUT2D eigenvalue weighted by Crippen LogP contribution is 2.16. The molecule has 0 spiro atoms. The van der Waals surface area contributed by atoms with Crippen LogP contribution in [0, 0.1) is 0 Å². The Balaban J connectivity index is 1.96. The molecule has 0 saturated heterocycles. The van der Waals surface area contributed by atoms with Gasteiger partial charge in [-0.3, -0.25) is 4.79 Å². The minimum absolute atomic E-state index is 0.415. The van der Waals surface area contributed by atoms with Crippen molar-refractivity contribution < 1.29 is 9.90 Å². The number of hydrogen-bond acceptors (Lipinski definition) is 3. The first kappa shape index (κ1) is 15.1. The summed E-state index contributed by atoms with van der Waals surface area (Å²) < 4.78 is 0. The lowest BCUT2D eigenvalue weighted by Gasteiger charge is -2.09. The highest BCUT2D eigenvalue weighted by molar-refractivity contribution is 5.91. The van der Waals surface area contributed by atoms with E-state index in [0.29, 0.717) is 5.69 Å². The summed E-state index contributed by atoms with van der Waals surface area (Å²) >= 11 is 0. The van der Waals surface area contributed by atoms with Crippen LogP contribution in [0.25, 0.3) is 0 Å². The Bertz CT molecular complexity index is 594. The molecule has 0 atom stereocenters. The number of nitrogens with one attached hydrogen (secondary N) is 2. The molecule has 21 heavy (non-hydrogen) atoms. The van der Waals surface area contributed by atoms with E-state index in [9.17, 15) is 4.79 Å². The third-order valence-corrected chi connectivity index (χ3v) is 3.22. The van der Waals surface area contributed by atoms with Crippen molar-refractivity contribution in [2.45, 2.75) is 19.9 Å². The zero-order valence-electron chi connectivity index (χ0n) is 12.1. The second-order valence-electron chi connectivity index (χ2n) is 4.81. The maximum Gasteiger partial charge on any atom is 0.250 e. The number of amides is 1. The van der Waals surface area contributed by atoms with Crippen molar-refractivity contribution in [3.8, 4) is 0 Å². The van der Waals surface area contributed by atoms with E-state index in [1.165, 1.54) is 11.1 Å². The van der Waals surface area contributed by atoms with Crippen LogP contribution >= 0.6 is 0 Å². The Kier molecular flexibility index (Phi) is 5.35. The molecule has 0 aliphatic rings. The lowest BCUT2D eigenvalue weighted by atomic mass is 10.1. The standard InChI is InChI=1S/C17H20N2O2/c1-2-13-6-8-14(9-7-13)11-18-15-4-3-5-16(10-15)19-17(21)12-20/h3-10,18,20H,2,11-12H2,1H3,(H,19,21). The van der Waals surface area contributed by atoms with E-state index in [1.807, 2.05) is 18.2 Å². The predicted molar refractivity (Wildman–Crippen MR) is 85.3 cm³/mol. The lowest BCUT2D eigenvalue weighted by molar-refractivity contribution is -0.118. The summed E-state index contributed by atoms with van der Waals surface area (Å²) in [6.07, 6.45) is 1.04. The largest absolute Gasteiger partial charge is 0.387 e. The molecular formula is C17H20N2O2. The van der Waals surface area contributed by atoms with Crippen molar-refractivity contribution in [2.24, 2.45) is 0 Å². The average molecular weight is 284 g/mol. The summed E-state index contributed by atoms with van der Waals surface area (Å²) in [6.45, 7) is 2.35. The molecule has 110 valence electrons. The fourth-order valence-electron chi connectivity index (χ4n) is 2.00.